The molecule has 3 nitrogen and oxygen atoms in total. The molecule has 0 saturated heterocycles. The van der Waals surface area contributed by atoms with Crippen LogP contribution in [0.2, 0.25) is 5.15 Å². The standard InChI is InChI=1S/C7H6ClF3N2O/c1-4-2-5(8)12-13-6(4)14-3-7(9,10)11/h2H,3H2,1H3. The molecule has 0 aromatic carbocycles. The molecule has 0 unspecified atom stereocenters. The predicted molar refractivity (Wildman–Crippen MR) is 43.3 cm³/mol. The Kier molecular flexibility index (Phi) is 3.15. The summed E-state index contributed by atoms with van der Waals surface area (Å²) in [6, 6.07) is 1.38. The lowest BCUT2D eigenvalue weighted by Gasteiger charge is -2.09. The highest BCUT2D eigenvalue weighted by molar-refractivity contribution is 6.29. The molecule has 78 valence electrons. The van der Waals surface area contributed by atoms with Gasteiger partial charge in [0.15, 0.2) is 11.8 Å². The molecule has 0 N–H and O–H groups in total. The van der Waals surface area contributed by atoms with Crippen LogP contribution in [0.5, 0.6) is 5.88 Å². The van der Waals surface area contributed by atoms with Crippen LogP contribution in [0.1, 0.15) is 5.56 Å². The summed E-state index contributed by atoms with van der Waals surface area (Å²) in [7, 11) is 0. The van der Waals surface area contributed by atoms with Crippen molar-refractivity contribution in [1.82, 2.24) is 10.2 Å². The number of aryl methyl sites for hydroxylation is 1. The largest absolute Gasteiger partial charge is 0.467 e. The Morgan fingerprint density at radius 1 is 1.43 bits per heavy atom. The van der Waals surface area contributed by atoms with Gasteiger partial charge in [-0.3, -0.25) is 0 Å². The first kappa shape index (κ1) is 11.0. The van der Waals surface area contributed by atoms with Gasteiger partial charge in [-0.05, 0) is 13.0 Å². The first-order valence-corrected chi connectivity index (χ1v) is 3.95. The third-order valence-corrected chi connectivity index (χ3v) is 1.47. The van der Waals surface area contributed by atoms with Crippen LogP contribution >= 0.6 is 11.6 Å². The molecule has 0 atom stereocenters. The van der Waals surface area contributed by atoms with Gasteiger partial charge in [0.2, 0.25) is 5.88 Å². The Hall–Kier alpha value is -1.04. The summed E-state index contributed by atoms with van der Waals surface area (Å²) in [5, 5.41) is 6.85. The number of hydrogen-bond donors (Lipinski definition) is 0. The lowest BCUT2D eigenvalue weighted by atomic mass is 10.3. The van der Waals surface area contributed by atoms with E-state index in [2.05, 4.69) is 14.9 Å². The molecule has 1 rings (SSSR count). The van der Waals surface area contributed by atoms with Gasteiger partial charge >= 0.3 is 6.18 Å². The van der Waals surface area contributed by atoms with E-state index in [9.17, 15) is 13.2 Å². The summed E-state index contributed by atoms with van der Waals surface area (Å²) in [5.41, 5.74) is 0.411. The maximum absolute atomic E-state index is 11.8. The first-order chi connectivity index (χ1) is 6.38. The smallest absolute Gasteiger partial charge is 0.422 e. The number of hydrogen-bond acceptors (Lipinski definition) is 3. The Morgan fingerprint density at radius 3 is 2.57 bits per heavy atom. The molecule has 0 radical (unpaired) electrons. The minimum atomic E-state index is -4.38. The molecule has 0 aliphatic carbocycles. The molecule has 0 saturated carbocycles. The maximum atomic E-state index is 11.8. The summed E-state index contributed by atoms with van der Waals surface area (Å²) >= 11 is 5.46. The van der Waals surface area contributed by atoms with Crippen LogP contribution in [0.4, 0.5) is 13.2 Å². The quantitative estimate of drug-likeness (QED) is 0.777. The molecule has 1 aromatic rings. The van der Waals surface area contributed by atoms with Crippen LogP contribution in [0.3, 0.4) is 0 Å². The Bertz CT molecular complexity index is 329. The maximum Gasteiger partial charge on any atom is 0.422 e. The molecule has 0 aliphatic heterocycles. The molecule has 0 fully saturated rings. The van der Waals surface area contributed by atoms with Crippen molar-refractivity contribution in [3.63, 3.8) is 0 Å². The van der Waals surface area contributed by atoms with E-state index in [4.69, 9.17) is 11.6 Å². The Balaban J connectivity index is 2.68. The zero-order valence-corrected chi connectivity index (χ0v) is 7.85. The normalized spacial score (nSPS) is 11.5. The zero-order chi connectivity index (χ0) is 10.8. The fourth-order valence-corrected chi connectivity index (χ4v) is 0.936. The lowest BCUT2D eigenvalue weighted by molar-refractivity contribution is -0.154. The molecule has 14 heavy (non-hydrogen) atoms. The van der Waals surface area contributed by atoms with Crippen molar-refractivity contribution in [3.05, 3.63) is 16.8 Å². The van der Waals surface area contributed by atoms with Crippen molar-refractivity contribution in [1.29, 1.82) is 0 Å². The van der Waals surface area contributed by atoms with Gasteiger partial charge in [-0.25, -0.2) is 0 Å². The molecule has 7 heteroatoms. The number of aromatic nitrogens is 2. The van der Waals surface area contributed by atoms with Crippen molar-refractivity contribution in [2.24, 2.45) is 0 Å². The van der Waals surface area contributed by atoms with E-state index < -0.39 is 12.8 Å². The summed E-state index contributed by atoms with van der Waals surface area (Å²) in [6.07, 6.45) is -4.38. The number of nitrogens with zero attached hydrogens (tertiary/aromatic N) is 2. The second-order valence-corrected chi connectivity index (χ2v) is 2.95. The zero-order valence-electron chi connectivity index (χ0n) is 7.10. The topological polar surface area (TPSA) is 35.0 Å². The average molecular weight is 227 g/mol. The second kappa shape index (κ2) is 4.00. The van der Waals surface area contributed by atoms with E-state index in [1.807, 2.05) is 0 Å². The van der Waals surface area contributed by atoms with E-state index in [0.717, 1.165) is 0 Å². The predicted octanol–water partition coefficient (Wildman–Crippen LogP) is 2.38. The first-order valence-electron chi connectivity index (χ1n) is 3.58. The van der Waals surface area contributed by atoms with Gasteiger partial charge in [-0.2, -0.15) is 13.2 Å². The monoisotopic (exact) mass is 226 g/mol. The highest BCUT2D eigenvalue weighted by atomic mass is 35.5. The van der Waals surface area contributed by atoms with E-state index >= 15 is 0 Å². The van der Waals surface area contributed by atoms with Gasteiger partial charge in [0.1, 0.15) is 0 Å². The summed E-state index contributed by atoms with van der Waals surface area (Å²) < 4.78 is 39.7. The SMILES string of the molecule is Cc1cc(Cl)nnc1OCC(F)(F)F. The number of halogens is 4. The van der Waals surface area contributed by atoms with Gasteiger partial charge in [0.05, 0.1) is 0 Å². The molecular weight excluding hydrogens is 221 g/mol. The lowest BCUT2D eigenvalue weighted by Crippen LogP contribution is -2.20. The molecule has 0 bridgehead atoms. The van der Waals surface area contributed by atoms with Crippen LogP contribution in [0.25, 0.3) is 0 Å². The van der Waals surface area contributed by atoms with Crippen molar-refractivity contribution in [3.8, 4) is 5.88 Å². The summed E-state index contributed by atoms with van der Waals surface area (Å²) in [5.74, 6) is -0.160. The fourth-order valence-electron chi connectivity index (χ4n) is 0.734. The van der Waals surface area contributed by atoms with E-state index in [1.165, 1.54) is 13.0 Å². The molecule has 1 heterocycles. The molecular formula is C7H6ClF3N2O. The van der Waals surface area contributed by atoms with Gasteiger partial charge < -0.3 is 4.74 Å². The van der Waals surface area contributed by atoms with Crippen molar-refractivity contribution in [2.75, 3.05) is 6.61 Å². The molecule has 0 amide bonds. The second-order valence-electron chi connectivity index (χ2n) is 2.56. The Morgan fingerprint density at radius 2 is 2.07 bits per heavy atom. The van der Waals surface area contributed by atoms with Crippen LogP contribution in [0.15, 0.2) is 6.07 Å². The van der Waals surface area contributed by atoms with Crippen LogP contribution in [-0.2, 0) is 0 Å². The van der Waals surface area contributed by atoms with Gasteiger partial charge in [0, 0.05) is 5.56 Å². The molecule has 1 aromatic heterocycles. The molecule has 0 spiro atoms. The van der Waals surface area contributed by atoms with E-state index in [-0.39, 0.29) is 11.0 Å². The third-order valence-electron chi connectivity index (χ3n) is 1.28. The minimum Gasteiger partial charge on any atom is -0.467 e. The van der Waals surface area contributed by atoms with Crippen LogP contribution in [0, 0.1) is 6.92 Å². The highest BCUT2D eigenvalue weighted by Crippen LogP contribution is 2.20. The van der Waals surface area contributed by atoms with Gasteiger partial charge in [-0.15, -0.1) is 10.2 Å². The average Bonchev–Trinajstić information content (AvgIpc) is 2.00. The van der Waals surface area contributed by atoms with Crippen molar-refractivity contribution < 1.29 is 17.9 Å². The van der Waals surface area contributed by atoms with E-state index in [0.29, 0.717) is 5.56 Å². The summed E-state index contributed by atoms with van der Waals surface area (Å²) in [6.45, 7) is 0.149. The number of ether oxygens (including phenoxy) is 1. The molecule has 0 aliphatic rings. The number of rotatable bonds is 2. The highest BCUT2D eigenvalue weighted by Gasteiger charge is 2.29. The van der Waals surface area contributed by atoms with E-state index in [1.54, 1.807) is 0 Å². The van der Waals surface area contributed by atoms with Crippen molar-refractivity contribution in [2.45, 2.75) is 13.1 Å². The van der Waals surface area contributed by atoms with Crippen LogP contribution < -0.4 is 4.74 Å². The minimum absolute atomic E-state index is 0.113. The van der Waals surface area contributed by atoms with Gasteiger partial charge in [0.25, 0.3) is 0 Å². The van der Waals surface area contributed by atoms with Gasteiger partial charge in [-0.1, -0.05) is 11.6 Å². The third kappa shape index (κ3) is 3.37. The van der Waals surface area contributed by atoms with Crippen LogP contribution in [-0.4, -0.2) is 23.0 Å². The number of alkyl halides is 3. The fraction of sp³-hybridized carbons (Fsp3) is 0.429. The van der Waals surface area contributed by atoms with Crippen molar-refractivity contribution >= 4 is 11.6 Å². The summed E-state index contributed by atoms with van der Waals surface area (Å²) in [4.78, 5) is 0. The Labute approximate surface area is 82.8 Å².